The van der Waals surface area contributed by atoms with Gasteiger partial charge in [-0.15, -0.1) is 0 Å². The summed E-state index contributed by atoms with van der Waals surface area (Å²) < 4.78 is 25.9. The maximum atomic E-state index is 12.2. The minimum absolute atomic E-state index is 0.111. The van der Waals surface area contributed by atoms with E-state index in [1.807, 2.05) is 20.8 Å². The number of carboxylic acid groups (broad SMARTS) is 1. The summed E-state index contributed by atoms with van der Waals surface area (Å²) in [5, 5.41) is 9.90. The monoisotopic (exact) mass is 553 g/mol. The van der Waals surface area contributed by atoms with Crippen LogP contribution in [0.3, 0.4) is 0 Å². The number of esters is 1. The molecule has 3 N–H and O–H groups in total. The molecule has 0 heterocycles. The Bertz CT molecular complexity index is 935. The number of ether oxygens (including phenoxy) is 5. The van der Waals surface area contributed by atoms with E-state index in [4.69, 9.17) is 29.4 Å². The highest BCUT2D eigenvalue weighted by Crippen LogP contribution is 2.31. The molecule has 0 bridgehead atoms. The van der Waals surface area contributed by atoms with Crippen LogP contribution in [0, 0.1) is 0 Å². The largest absolute Gasteiger partial charge is 0.513 e. The number of benzene rings is 1. The Balaban J connectivity index is 3.07. The summed E-state index contributed by atoms with van der Waals surface area (Å²) in [5.41, 5.74) is 4.84. The number of nitrogens with two attached hydrogens (primary N) is 1. The lowest BCUT2D eigenvalue weighted by Gasteiger charge is -2.28. The third-order valence-electron chi connectivity index (χ3n) is 5.74. The Kier molecular flexibility index (Phi) is 15.6. The van der Waals surface area contributed by atoms with Crippen molar-refractivity contribution in [1.82, 2.24) is 0 Å². The maximum Gasteiger partial charge on any atom is 0.513 e. The van der Waals surface area contributed by atoms with Crippen LogP contribution in [-0.2, 0) is 30.2 Å². The van der Waals surface area contributed by atoms with Gasteiger partial charge in [0.2, 0.25) is 0 Å². The van der Waals surface area contributed by atoms with E-state index in [2.05, 4.69) is 0 Å². The molecule has 39 heavy (non-hydrogen) atoms. The van der Waals surface area contributed by atoms with Gasteiger partial charge in [0.25, 0.3) is 0 Å². The highest BCUT2D eigenvalue weighted by Gasteiger charge is 2.37. The number of hydrogen-bond donors (Lipinski definition) is 2. The maximum absolute atomic E-state index is 12.2. The molecule has 0 aliphatic heterocycles. The normalized spacial score (nSPS) is 13.1. The van der Waals surface area contributed by atoms with Gasteiger partial charge in [0.15, 0.2) is 11.5 Å². The van der Waals surface area contributed by atoms with E-state index in [-0.39, 0.29) is 44.0 Å². The molecule has 11 nitrogen and oxygen atoms in total. The first-order chi connectivity index (χ1) is 18.5. The third-order valence-corrected chi connectivity index (χ3v) is 5.74. The van der Waals surface area contributed by atoms with Gasteiger partial charge in [0, 0.05) is 19.3 Å². The van der Waals surface area contributed by atoms with Crippen molar-refractivity contribution in [2.24, 2.45) is 5.73 Å². The lowest BCUT2D eigenvalue weighted by atomic mass is 9.86. The van der Waals surface area contributed by atoms with Gasteiger partial charge in [-0.3, -0.25) is 9.59 Å². The predicted octanol–water partition coefficient (Wildman–Crippen LogP) is 5.54. The Morgan fingerprint density at radius 1 is 0.872 bits per heavy atom. The number of carbonyl (C=O) groups is 4. The highest BCUT2D eigenvalue weighted by molar-refractivity contribution is 5.79. The zero-order valence-electron chi connectivity index (χ0n) is 23.5. The van der Waals surface area contributed by atoms with Crippen LogP contribution in [0.25, 0.3) is 0 Å². The molecule has 0 aromatic heterocycles. The molecule has 220 valence electrons. The lowest BCUT2D eigenvalue weighted by molar-refractivity contribution is -0.153. The first-order valence-electron chi connectivity index (χ1n) is 13.6. The van der Waals surface area contributed by atoms with Gasteiger partial charge in [-0.1, -0.05) is 52.5 Å². The fraction of sp³-hybridized carbons (Fsp3) is 0.643. The van der Waals surface area contributed by atoms with Crippen molar-refractivity contribution in [3.8, 4) is 11.5 Å². The van der Waals surface area contributed by atoms with Gasteiger partial charge < -0.3 is 34.5 Å². The van der Waals surface area contributed by atoms with Gasteiger partial charge in [-0.05, 0) is 43.9 Å². The molecule has 1 aromatic rings. The third kappa shape index (κ3) is 13.3. The molecule has 11 heteroatoms. The Hall–Kier alpha value is -3.34. The zero-order valence-corrected chi connectivity index (χ0v) is 23.5. The van der Waals surface area contributed by atoms with Crippen molar-refractivity contribution >= 4 is 24.2 Å². The molecule has 0 saturated heterocycles. The molecule has 2 atom stereocenters. The van der Waals surface area contributed by atoms with E-state index in [0.29, 0.717) is 24.8 Å². The van der Waals surface area contributed by atoms with Gasteiger partial charge in [-0.25, -0.2) is 9.59 Å². The highest BCUT2D eigenvalue weighted by atomic mass is 16.7. The second-order valence-electron chi connectivity index (χ2n) is 9.49. The minimum atomic E-state index is -1.80. The second-order valence-corrected chi connectivity index (χ2v) is 9.49. The topological polar surface area (TPSA) is 161 Å². The van der Waals surface area contributed by atoms with Crippen LogP contribution in [-0.4, -0.2) is 54.2 Å². The van der Waals surface area contributed by atoms with E-state index in [9.17, 15) is 24.3 Å². The van der Waals surface area contributed by atoms with Crippen molar-refractivity contribution in [1.29, 1.82) is 0 Å². The summed E-state index contributed by atoms with van der Waals surface area (Å²) in [6, 6.07) is 4.20. The van der Waals surface area contributed by atoms with Crippen molar-refractivity contribution in [2.75, 3.05) is 13.2 Å². The van der Waals surface area contributed by atoms with Crippen LogP contribution in [0.1, 0.15) is 91.0 Å². The summed E-state index contributed by atoms with van der Waals surface area (Å²) in [6.45, 7) is 7.79. The lowest BCUT2D eigenvalue weighted by Crippen LogP contribution is -2.52. The first-order valence-corrected chi connectivity index (χ1v) is 13.6. The molecule has 0 fully saturated rings. The summed E-state index contributed by atoms with van der Waals surface area (Å²) in [6.07, 6.45) is 2.64. The summed E-state index contributed by atoms with van der Waals surface area (Å²) in [5.74, 6) is -1.98. The number of hydrogen-bond acceptors (Lipinski definition) is 10. The molecule has 0 spiro atoms. The van der Waals surface area contributed by atoms with E-state index < -0.39 is 35.9 Å². The number of carbonyl (C=O) groups excluding carboxylic acids is 3. The standard InChI is InChI=1S/C28H43NO10/c1-5-8-11-12-24(30)37-20(4)18-28(29,25(31)32)19-21-13-14-22(38-26(33)35-15-9-6-2)23(17-21)39-27(34)36-16-10-7-3/h13-14,17,20H,5-12,15-16,18-19,29H2,1-4H3,(H,31,32)/t20-,28+/m0/s1. The average molecular weight is 554 g/mol. The van der Waals surface area contributed by atoms with E-state index in [0.717, 1.165) is 25.7 Å². The van der Waals surface area contributed by atoms with Crippen LogP contribution < -0.4 is 15.2 Å². The van der Waals surface area contributed by atoms with E-state index >= 15 is 0 Å². The molecular formula is C28H43NO10. The fourth-order valence-corrected chi connectivity index (χ4v) is 3.62. The SMILES string of the molecule is CCCCCC(=O)O[C@@H](C)C[C@@](N)(Cc1ccc(OC(=O)OCCCC)c(OC(=O)OCCCC)c1)C(=O)O. The Labute approximate surface area is 230 Å². The summed E-state index contributed by atoms with van der Waals surface area (Å²) in [4.78, 5) is 48.5. The van der Waals surface area contributed by atoms with Gasteiger partial charge >= 0.3 is 24.2 Å². The number of rotatable bonds is 18. The summed E-state index contributed by atoms with van der Waals surface area (Å²) in [7, 11) is 0. The van der Waals surface area contributed by atoms with Crippen LogP contribution >= 0.6 is 0 Å². The molecule has 0 radical (unpaired) electrons. The molecule has 0 amide bonds. The Morgan fingerprint density at radius 2 is 1.44 bits per heavy atom. The zero-order chi connectivity index (χ0) is 29.3. The molecule has 1 rings (SSSR count). The van der Waals surface area contributed by atoms with Crippen LogP contribution in [0.2, 0.25) is 0 Å². The molecule has 1 aromatic carbocycles. The molecule has 0 unspecified atom stereocenters. The van der Waals surface area contributed by atoms with Crippen molar-refractivity contribution in [3.63, 3.8) is 0 Å². The van der Waals surface area contributed by atoms with E-state index in [1.165, 1.54) is 18.2 Å². The van der Waals surface area contributed by atoms with Gasteiger partial charge in [0.1, 0.15) is 11.6 Å². The number of carboxylic acids is 1. The van der Waals surface area contributed by atoms with E-state index in [1.54, 1.807) is 6.92 Å². The first kappa shape index (κ1) is 33.7. The smallest absolute Gasteiger partial charge is 0.480 e. The quantitative estimate of drug-likeness (QED) is 0.102. The van der Waals surface area contributed by atoms with Crippen LogP contribution in [0.5, 0.6) is 11.5 Å². The van der Waals surface area contributed by atoms with Crippen molar-refractivity contribution < 1.29 is 48.0 Å². The molecule has 0 aliphatic rings. The molecular weight excluding hydrogens is 510 g/mol. The second kappa shape index (κ2) is 18.0. The van der Waals surface area contributed by atoms with Gasteiger partial charge in [-0.2, -0.15) is 0 Å². The number of aliphatic carboxylic acids is 1. The predicted molar refractivity (Wildman–Crippen MR) is 143 cm³/mol. The van der Waals surface area contributed by atoms with Crippen molar-refractivity contribution in [2.45, 2.75) is 104 Å². The number of unbranched alkanes of at least 4 members (excludes halogenated alkanes) is 4. The molecule has 0 saturated carbocycles. The minimum Gasteiger partial charge on any atom is -0.480 e. The fourth-order valence-electron chi connectivity index (χ4n) is 3.62. The Morgan fingerprint density at radius 3 is 1.97 bits per heavy atom. The van der Waals surface area contributed by atoms with Crippen molar-refractivity contribution in [3.05, 3.63) is 23.8 Å². The van der Waals surface area contributed by atoms with Crippen LogP contribution in [0.15, 0.2) is 18.2 Å². The molecule has 0 aliphatic carbocycles. The summed E-state index contributed by atoms with van der Waals surface area (Å²) >= 11 is 0. The van der Waals surface area contributed by atoms with Crippen LogP contribution in [0.4, 0.5) is 9.59 Å². The van der Waals surface area contributed by atoms with Gasteiger partial charge in [0.05, 0.1) is 13.2 Å². The average Bonchev–Trinajstić information content (AvgIpc) is 2.85.